The van der Waals surface area contributed by atoms with Gasteiger partial charge in [-0.25, -0.2) is 4.98 Å². The van der Waals surface area contributed by atoms with Crippen LogP contribution in [0, 0.1) is 6.92 Å². The molecule has 0 unspecified atom stereocenters. The Bertz CT molecular complexity index is 1310. The van der Waals surface area contributed by atoms with Crippen LogP contribution in [0.15, 0.2) is 48.5 Å². The van der Waals surface area contributed by atoms with Gasteiger partial charge in [-0.15, -0.1) is 0 Å². The molecule has 0 fully saturated rings. The van der Waals surface area contributed by atoms with Gasteiger partial charge in [-0.3, -0.25) is 14.3 Å². The maximum Gasteiger partial charge on any atom is 0.273 e. The number of hydrogen-bond acceptors (Lipinski definition) is 4. The van der Waals surface area contributed by atoms with Crippen LogP contribution in [0.1, 0.15) is 47.3 Å². The summed E-state index contributed by atoms with van der Waals surface area (Å²) in [6.07, 6.45) is 0. The standard InChI is InChI=1S/C24H26N6O2/c1-14-11-20(30(29-14)24(2,3)4)23(32)28-17-13-19-18(12-16(17)22(31)25-5)26-21(27-19)15-9-7-6-8-10-15/h6-13H,1-5H3,(H,25,31)(H,26,27)(H,28,32). The quantitative estimate of drug-likeness (QED) is 0.453. The molecule has 164 valence electrons. The van der Waals surface area contributed by atoms with Crippen LogP contribution in [0.2, 0.25) is 0 Å². The molecule has 0 atom stereocenters. The van der Waals surface area contributed by atoms with E-state index in [0.29, 0.717) is 33.8 Å². The zero-order chi connectivity index (χ0) is 23.0. The highest BCUT2D eigenvalue weighted by molar-refractivity contribution is 6.10. The summed E-state index contributed by atoms with van der Waals surface area (Å²) in [5, 5.41) is 9.99. The van der Waals surface area contributed by atoms with E-state index in [0.717, 1.165) is 11.3 Å². The van der Waals surface area contributed by atoms with Gasteiger partial charge in [-0.1, -0.05) is 30.3 Å². The van der Waals surface area contributed by atoms with E-state index in [1.165, 1.54) is 0 Å². The van der Waals surface area contributed by atoms with Crippen LogP contribution in [0.3, 0.4) is 0 Å². The lowest BCUT2D eigenvalue weighted by Crippen LogP contribution is -2.29. The van der Waals surface area contributed by atoms with Gasteiger partial charge >= 0.3 is 0 Å². The van der Waals surface area contributed by atoms with Crippen LogP contribution in [-0.2, 0) is 5.54 Å². The average molecular weight is 431 g/mol. The fourth-order valence-electron chi connectivity index (χ4n) is 3.57. The number of imidazole rings is 1. The average Bonchev–Trinajstić information content (AvgIpc) is 3.36. The van der Waals surface area contributed by atoms with E-state index in [1.54, 1.807) is 29.9 Å². The zero-order valence-corrected chi connectivity index (χ0v) is 18.8. The third-order valence-corrected chi connectivity index (χ3v) is 5.09. The van der Waals surface area contributed by atoms with Crippen LogP contribution in [0.5, 0.6) is 0 Å². The summed E-state index contributed by atoms with van der Waals surface area (Å²) >= 11 is 0. The lowest BCUT2D eigenvalue weighted by atomic mass is 10.1. The molecule has 2 amide bonds. The third-order valence-electron chi connectivity index (χ3n) is 5.09. The minimum atomic E-state index is -0.374. The molecule has 0 spiro atoms. The predicted octanol–water partition coefficient (Wildman–Crippen LogP) is 4.10. The summed E-state index contributed by atoms with van der Waals surface area (Å²) in [6.45, 7) is 7.78. The van der Waals surface area contributed by atoms with E-state index in [2.05, 4.69) is 25.7 Å². The van der Waals surface area contributed by atoms with Gasteiger partial charge in [-0.2, -0.15) is 5.10 Å². The van der Waals surface area contributed by atoms with E-state index in [-0.39, 0.29) is 17.4 Å². The number of H-pyrrole nitrogens is 1. The van der Waals surface area contributed by atoms with Gasteiger partial charge in [0.1, 0.15) is 11.5 Å². The lowest BCUT2D eigenvalue weighted by molar-refractivity contribution is 0.0964. The molecule has 0 saturated heterocycles. The van der Waals surface area contributed by atoms with E-state index < -0.39 is 0 Å². The van der Waals surface area contributed by atoms with Gasteiger partial charge in [0.15, 0.2) is 0 Å². The second-order valence-corrected chi connectivity index (χ2v) is 8.65. The number of carbonyl (C=O) groups excluding carboxylic acids is 2. The molecule has 8 nitrogen and oxygen atoms in total. The van der Waals surface area contributed by atoms with E-state index in [1.807, 2.05) is 58.0 Å². The van der Waals surface area contributed by atoms with E-state index >= 15 is 0 Å². The Morgan fingerprint density at radius 1 is 1.03 bits per heavy atom. The maximum absolute atomic E-state index is 13.2. The van der Waals surface area contributed by atoms with Crippen LogP contribution in [0.25, 0.3) is 22.4 Å². The minimum Gasteiger partial charge on any atom is -0.355 e. The molecule has 4 rings (SSSR count). The molecule has 0 saturated carbocycles. The maximum atomic E-state index is 13.2. The molecule has 0 radical (unpaired) electrons. The predicted molar refractivity (Wildman–Crippen MR) is 125 cm³/mol. The summed E-state index contributed by atoms with van der Waals surface area (Å²) in [6, 6.07) is 14.9. The van der Waals surface area contributed by atoms with Crippen LogP contribution in [-0.4, -0.2) is 38.6 Å². The number of nitrogens with one attached hydrogen (secondary N) is 3. The van der Waals surface area contributed by atoms with Crippen molar-refractivity contribution in [1.29, 1.82) is 0 Å². The molecule has 32 heavy (non-hydrogen) atoms. The highest BCUT2D eigenvalue weighted by Gasteiger charge is 2.24. The van der Waals surface area contributed by atoms with Crippen LogP contribution >= 0.6 is 0 Å². The van der Waals surface area contributed by atoms with Crippen molar-refractivity contribution in [3.63, 3.8) is 0 Å². The summed E-state index contributed by atoms with van der Waals surface area (Å²) in [7, 11) is 1.55. The zero-order valence-electron chi connectivity index (χ0n) is 18.8. The first-order valence-corrected chi connectivity index (χ1v) is 10.4. The first-order valence-electron chi connectivity index (χ1n) is 10.4. The van der Waals surface area contributed by atoms with Gasteiger partial charge in [0.2, 0.25) is 0 Å². The molecule has 8 heteroatoms. The highest BCUT2D eigenvalue weighted by Crippen LogP contribution is 2.27. The number of amides is 2. The van der Waals surface area contributed by atoms with E-state index in [4.69, 9.17) is 0 Å². The topological polar surface area (TPSA) is 105 Å². The fraction of sp³-hybridized carbons (Fsp3) is 0.250. The number of nitrogens with zero attached hydrogens (tertiary/aromatic N) is 3. The lowest BCUT2D eigenvalue weighted by Gasteiger charge is -2.22. The molecule has 0 aliphatic heterocycles. The number of hydrogen-bond donors (Lipinski definition) is 3. The van der Waals surface area contributed by atoms with Crippen LogP contribution in [0.4, 0.5) is 5.69 Å². The van der Waals surface area contributed by atoms with Crippen LogP contribution < -0.4 is 10.6 Å². The first-order chi connectivity index (χ1) is 15.2. The smallest absolute Gasteiger partial charge is 0.273 e. The monoisotopic (exact) mass is 430 g/mol. The molecule has 0 bridgehead atoms. The van der Waals surface area contributed by atoms with Gasteiger partial charge in [-0.05, 0) is 45.9 Å². The molecule has 2 aromatic carbocycles. The fourth-order valence-corrected chi connectivity index (χ4v) is 3.57. The van der Waals surface area contributed by atoms with Crippen molar-refractivity contribution in [2.45, 2.75) is 33.2 Å². The van der Waals surface area contributed by atoms with Crippen molar-refractivity contribution < 1.29 is 9.59 Å². The third kappa shape index (κ3) is 3.99. The first kappa shape index (κ1) is 21.3. The molecule has 4 aromatic rings. The highest BCUT2D eigenvalue weighted by atomic mass is 16.2. The number of aryl methyl sites for hydroxylation is 1. The Morgan fingerprint density at radius 2 is 1.75 bits per heavy atom. The molecule has 0 aliphatic rings. The number of carbonyl (C=O) groups is 2. The number of benzene rings is 2. The van der Waals surface area contributed by atoms with Gasteiger partial charge < -0.3 is 15.6 Å². The van der Waals surface area contributed by atoms with Crippen molar-refractivity contribution >= 4 is 28.5 Å². The SMILES string of the molecule is CNC(=O)c1cc2[nH]c(-c3ccccc3)nc2cc1NC(=O)c1cc(C)nn1C(C)(C)C. The Balaban J connectivity index is 1.77. The summed E-state index contributed by atoms with van der Waals surface area (Å²) in [4.78, 5) is 33.7. The number of aromatic amines is 1. The van der Waals surface area contributed by atoms with Crippen molar-refractivity contribution in [3.8, 4) is 11.4 Å². The van der Waals surface area contributed by atoms with Gasteiger partial charge in [0, 0.05) is 12.6 Å². The summed E-state index contributed by atoms with van der Waals surface area (Å²) in [5.41, 5.74) is 3.80. The molecular weight excluding hydrogens is 404 g/mol. The molecular formula is C24H26N6O2. The number of aromatic nitrogens is 4. The molecule has 0 aliphatic carbocycles. The molecule has 2 aromatic heterocycles. The van der Waals surface area contributed by atoms with Gasteiger partial charge in [0.25, 0.3) is 11.8 Å². The van der Waals surface area contributed by atoms with Gasteiger partial charge in [0.05, 0.1) is 33.5 Å². The Kier molecular flexibility index (Phi) is 5.30. The number of anilines is 1. The van der Waals surface area contributed by atoms with Crippen molar-refractivity contribution in [2.75, 3.05) is 12.4 Å². The number of rotatable bonds is 4. The normalized spacial score (nSPS) is 11.5. The number of fused-ring (bicyclic) bond motifs is 1. The minimum absolute atomic E-state index is 0.307. The largest absolute Gasteiger partial charge is 0.355 e. The second-order valence-electron chi connectivity index (χ2n) is 8.65. The Hall–Kier alpha value is -3.94. The molecule has 2 heterocycles. The van der Waals surface area contributed by atoms with Crippen molar-refractivity contribution in [1.82, 2.24) is 25.1 Å². The summed E-state index contributed by atoms with van der Waals surface area (Å²) in [5.74, 6) is 0.0378. The molecule has 3 N–H and O–H groups in total. The van der Waals surface area contributed by atoms with E-state index in [9.17, 15) is 9.59 Å². The van der Waals surface area contributed by atoms with Crippen molar-refractivity contribution in [3.05, 3.63) is 65.5 Å². The summed E-state index contributed by atoms with van der Waals surface area (Å²) < 4.78 is 1.69. The second kappa shape index (κ2) is 7.96. The Morgan fingerprint density at radius 3 is 2.41 bits per heavy atom. The Labute approximate surface area is 186 Å². The van der Waals surface area contributed by atoms with Crippen molar-refractivity contribution in [2.24, 2.45) is 0 Å².